The highest BCUT2D eigenvalue weighted by atomic mass is 35.5. The van der Waals surface area contributed by atoms with Crippen molar-refractivity contribution >= 4 is 34.4 Å². The molecule has 2 aromatic carbocycles. The zero-order valence-corrected chi connectivity index (χ0v) is 19.4. The predicted molar refractivity (Wildman–Crippen MR) is 129 cm³/mol. The first-order chi connectivity index (χ1) is 15.8. The highest BCUT2D eigenvalue weighted by Gasteiger charge is 2.21. The average molecular weight is 471 g/mol. The van der Waals surface area contributed by atoms with Crippen LogP contribution in [0.1, 0.15) is 16.7 Å². The van der Waals surface area contributed by atoms with E-state index in [1.54, 1.807) is 32.3 Å². The molecule has 0 atom stereocenters. The van der Waals surface area contributed by atoms with Gasteiger partial charge in [-0.2, -0.15) is 0 Å². The van der Waals surface area contributed by atoms with E-state index in [0.29, 0.717) is 40.6 Å². The van der Waals surface area contributed by atoms with Gasteiger partial charge in [0.25, 0.3) is 0 Å². The number of carbonyl (C=O) groups excluding carboxylic acids is 1. The summed E-state index contributed by atoms with van der Waals surface area (Å²) >= 11 is 6.42. The van der Waals surface area contributed by atoms with Crippen LogP contribution in [0.2, 0.25) is 5.02 Å². The molecule has 1 aliphatic heterocycles. The fraction of sp³-hybridized carbons (Fsp3) is 0.333. The number of nitrogens with two attached hydrogens (primary N) is 1. The summed E-state index contributed by atoms with van der Waals surface area (Å²) in [6.45, 7) is 4.12. The van der Waals surface area contributed by atoms with Gasteiger partial charge in [-0.1, -0.05) is 23.7 Å². The maximum Gasteiger partial charge on any atom is 0.414 e. The minimum Gasteiger partial charge on any atom is -0.422 e. The summed E-state index contributed by atoms with van der Waals surface area (Å²) in [7, 11) is 3.20. The Kier molecular flexibility index (Phi) is 6.88. The molecule has 0 spiro atoms. The molecule has 3 aromatic rings. The van der Waals surface area contributed by atoms with Gasteiger partial charge in [-0.05, 0) is 29.3 Å². The smallest absolute Gasteiger partial charge is 0.414 e. The van der Waals surface area contributed by atoms with Crippen molar-refractivity contribution in [1.29, 1.82) is 0 Å². The quantitative estimate of drug-likeness (QED) is 0.436. The molecule has 0 unspecified atom stereocenters. The molecule has 0 radical (unpaired) electrons. The Labute approximate surface area is 196 Å². The van der Waals surface area contributed by atoms with Gasteiger partial charge in [0.2, 0.25) is 0 Å². The number of benzene rings is 2. The van der Waals surface area contributed by atoms with Crippen LogP contribution in [0.4, 0.5) is 10.5 Å². The SMILES string of the molecule is CN(C)C(=O)Oc1ccc2c(CN3CCNCC3)c(Cc3cccc(N)c3Cl)c(=O)oc2c1. The summed E-state index contributed by atoms with van der Waals surface area (Å²) in [5.41, 5.74) is 8.57. The summed E-state index contributed by atoms with van der Waals surface area (Å²) in [5, 5.41) is 4.59. The van der Waals surface area contributed by atoms with Crippen molar-refractivity contribution in [1.82, 2.24) is 15.1 Å². The van der Waals surface area contributed by atoms with E-state index in [1.807, 2.05) is 18.2 Å². The number of anilines is 1. The van der Waals surface area contributed by atoms with Crippen molar-refractivity contribution in [3.05, 3.63) is 68.5 Å². The number of nitrogen functional groups attached to an aromatic ring is 1. The monoisotopic (exact) mass is 470 g/mol. The van der Waals surface area contributed by atoms with Crippen molar-refractivity contribution in [2.45, 2.75) is 13.0 Å². The third kappa shape index (κ3) is 5.13. The first-order valence-electron chi connectivity index (χ1n) is 10.8. The average Bonchev–Trinajstić information content (AvgIpc) is 2.79. The first-order valence-corrected chi connectivity index (χ1v) is 11.1. The number of hydrogen-bond acceptors (Lipinski definition) is 7. The molecule has 174 valence electrons. The Morgan fingerprint density at radius 3 is 2.70 bits per heavy atom. The molecule has 1 fully saturated rings. The van der Waals surface area contributed by atoms with E-state index >= 15 is 0 Å². The second kappa shape index (κ2) is 9.82. The van der Waals surface area contributed by atoms with E-state index in [9.17, 15) is 9.59 Å². The molecule has 3 N–H and O–H groups in total. The minimum atomic E-state index is -0.509. The van der Waals surface area contributed by atoms with Gasteiger partial charge in [0.05, 0.1) is 10.7 Å². The molecular formula is C24H27ClN4O4. The van der Waals surface area contributed by atoms with Crippen molar-refractivity contribution in [2.24, 2.45) is 0 Å². The standard InChI is InChI=1S/C24H27ClN4O4/c1-28(2)24(31)32-16-6-7-17-19(14-29-10-8-27-9-11-29)18(23(30)33-21(17)13-16)12-15-4-3-5-20(26)22(15)25/h3-7,13,27H,8-12,14,26H2,1-2H3. The van der Waals surface area contributed by atoms with Crippen LogP contribution in [-0.2, 0) is 13.0 Å². The lowest BCUT2D eigenvalue weighted by Gasteiger charge is -2.28. The number of halogens is 1. The summed E-state index contributed by atoms with van der Waals surface area (Å²) in [6.07, 6.45) is -0.202. The van der Waals surface area contributed by atoms with Crippen molar-refractivity contribution in [2.75, 3.05) is 46.0 Å². The van der Waals surface area contributed by atoms with Crippen LogP contribution >= 0.6 is 11.6 Å². The molecule has 1 aliphatic rings. The number of carbonyl (C=O) groups is 1. The lowest BCUT2D eigenvalue weighted by molar-refractivity contribution is 0.172. The zero-order valence-electron chi connectivity index (χ0n) is 18.7. The Balaban J connectivity index is 1.80. The number of nitrogens with one attached hydrogen (secondary N) is 1. The molecular weight excluding hydrogens is 444 g/mol. The molecule has 2 heterocycles. The summed E-state index contributed by atoms with van der Waals surface area (Å²) in [4.78, 5) is 28.7. The fourth-order valence-electron chi connectivity index (χ4n) is 3.92. The van der Waals surface area contributed by atoms with E-state index in [1.165, 1.54) is 4.90 Å². The second-order valence-electron chi connectivity index (χ2n) is 8.29. The van der Waals surface area contributed by atoms with Crippen molar-refractivity contribution in [3.63, 3.8) is 0 Å². The molecule has 0 aliphatic carbocycles. The largest absolute Gasteiger partial charge is 0.422 e. The molecule has 1 aromatic heterocycles. The van der Waals surface area contributed by atoms with E-state index < -0.39 is 11.7 Å². The van der Waals surface area contributed by atoms with Gasteiger partial charge in [0, 0.05) is 70.3 Å². The summed E-state index contributed by atoms with van der Waals surface area (Å²) in [6, 6.07) is 10.5. The van der Waals surface area contributed by atoms with Crippen molar-refractivity contribution in [3.8, 4) is 5.75 Å². The molecule has 33 heavy (non-hydrogen) atoms. The molecule has 0 bridgehead atoms. The van der Waals surface area contributed by atoms with Gasteiger partial charge in [-0.3, -0.25) is 4.90 Å². The van der Waals surface area contributed by atoms with Crippen LogP contribution in [-0.4, -0.2) is 56.2 Å². The highest BCUT2D eigenvalue weighted by Crippen LogP contribution is 2.30. The van der Waals surface area contributed by atoms with Gasteiger partial charge in [-0.15, -0.1) is 0 Å². The highest BCUT2D eigenvalue weighted by molar-refractivity contribution is 6.33. The van der Waals surface area contributed by atoms with Gasteiger partial charge in [-0.25, -0.2) is 9.59 Å². The lowest BCUT2D eigenvalue weighted by Crippen LogP contribution is -2.43. The van der Waals surface area contributed by atoms with Crippen LogP contribution in [0.15, 0.2) is 45.6 Å². The summed E-state index contributed by atoms with van der Waals surface area (Å²) in [5.74, 6) is 0.309. The molecule has 1 amide bonds. The Bertz CT molecular complexity index is 1240. The Hall–Kier alpha value is -3.07. The predicted octanol–water partition coefficient (Wildman–Crippen LogP) is 3.09. The Morgan fingerprint density at radius 2 is 1.97 bits per heavy atom. The zero-order chi connectivity index (χ0) is 23.5. The van der Waals surface area contributed by atoms with Crippen molar-refractivity contribution < 1.29 is 13.9 Å². The lowest BCUT2D eigenvalue weighted by atomic mass is 9.97. The van der Waals surface area contributed by atoms with Gasteiger partial charge in [0.1, 0.15) is 11.3 Å². The number of hydrogen-bond donors (Lipinski definition) is 2. The van der Waals surface area contributed by atoms with E-state index in [0.717, 1.165) is 42.7 Å². The number of piperazine rings is 1. The minimum absolute atomic E-state index is 0.306. The third-order valence-corrected chi connectivity index (χ3v) is 6.19. The topological polar surface area (TPSA) is 101 Å². The molecule has 9 heteroatoms. The van der Waals surface area contributed by atoms with Crippen LogP contribution in [0.25, 0.3) is 11.0 Å². The number of rotatable bonds is 5. The van der Waals surface area contributed by atoms with E-state index in [2.05, 4.69) is 10.2 Å². The van der Waals surface area contributed by atoms with E-state index in [4.69, 9.17) is 26.5 Å². The second-order valence-corrected chi connectivity index (χ2v) is 8.67. The van der Waals surface area contributed by atoms with Gasteiger partial charge < -0.3 is 25.1 Å². The van der Waals surface area contributed by atoms with Gasteiger partial charge >= 0.3 is 11.7 Å². The number of amides is 1. The third-order valence-electron chi connectivity index (χ3n) is 5.73. The fourth-order valence-corrected chi connectivity index (χ4v) is 4.11. The van der Waals surface area contributed by atoms with Gasteiger partial charge in [0.15, 0.2) is 0 Å². The number of ether oxygens (including phenoxy) is 1. The first kappa shape index (κ1) is 23.1. The Morgan fingerprint density at radius 1 is 1.21 bits per heavy atom. The maximum absolute atomic E-state index is 13.2. The van der Waals surface area contributed by atoms with Crippen LogP contribution in [0.3, 0.4) is 0 Å². The van der Waals surface area contributed by atoms with Crippen LogP contribution < -0.4 is 21.4 Å². The molecule has 0 saturated carbocycles. The maximum atomic E-state index is 13.2. The molecule has 8 nitrogen and oxygen atoms in total. The molecule has 1 saturated heterocycles. The number of fused-ring (bicyclic) bond motifs is 1. The number of nitrogens with zero attached hydrogens (tertiary/aromatic N) is 2. The van der Waals surface area contributed by atoms with Crippen LogP contribution in [0, 0.1) is 0 Å². The normalized spacial score (nSPS) is 14.4. The van der Waals surface area contributed by atoms with E-state index in [-0.39, 0.29) is 0 Å². The molecule has 4 rings (SSSR count). The summed E-state index contributed by atoms with van der Waals surface area (Å²) < 4.78 is 11.0. The van der Waals surface area contributed by atoms with Crippen LogP contribution in [0.5, 0.6) is 5.75 Å².